The minimum atomic E-state index is 0.686. The summed E-state index contributed by atoms with van der Waals surface area (Å²) >= 11 is 0. The maximum atomic E-state index is 5.67. The molecule has 20 heavy (non-hydrogen) atoms. The van der Waals surface area contributed by atoms with Gasteiger partial charge in [0.25, 0.3) is 0 Å². The number of nitrogens with one attached hydrogen (secondary N) is 1. The maximum absolute atomic E-state index is 5.67. The molecule has 0 radical (unpaired) electrons. The van der Waals surface area contributed by atoms with Gasteiger partial charge in [-0.05, 0) is 25.1 Å². The Morgan fingerprint density at radius 1 is 1.25 bits per heavy atom. The number of ether oxygens (including phenoxy) is 1. The second-order valence-corrected chi connectivity index (χ2v) is 4.59. The van der Waals surface area contributed by atoms with E-state index in [1.54, 1.807) is 6.33 Å². The molecule has 2 aromatic rings. The van der Waals surface area contributed by atoms with Gasteiger partial charge in [0, 0.05) is 13.0 Å². The number of benzene rings is 1. The van der Waals surface area contributed by atoms with Gasteiger partial charge in [-0.2, -0.15) is 5.10 Å². The summed E-state index contributed by atoms with van der Waals surface area (Å²) in [5, 5.41) is 7.59. The van der Waals surface area contributed by atoms with Crippen LogP contribution in [0.2, 0.25) is 0 Å². The van der Waals surface area contributed by atoms with E-state index < -0.39 is 0 Å². The topological polar surface area (TPSA) is 52.0 Å². The summed E-state index contributed by atoms with van der Waals surface area (Å²) in [6, 6.07) is 9.87. The second kappa shape index (κ2) is 8.32. The Bertz CT molecular complexity index is 484. The fourth-order valence-electron chi connectivity index (χ4n) is 1.91. The summed E-state index contributed by atoms with van der Waals surface area (Å²) in [5.41, 5.74) is 0. The Kier molecular flexibility index (Phi) is 6.05. The molecule has 0 bridgehead atoms. The van der Waals surface area contributed by atoms with Gasteiger partial charge in [0.2, 0.25) is 0 Å². The zero-order valence-corrected chi connectivity index (χ0v) is 12.0. The number of nitrogens with zero attached hydrogens (tertiary/aromatic N) is 3. The third-order valence-corrected chi connectivity index (χ3v) is 2.93. The van der Waals surface area contributed by atoms with Crippen LogP contribution in [0.3, 0.4) is 0 Å². The van der Waals surface area contributed by atoms with Crippen molar-refractivity contribution in [3.8, 4) is 5.75 Å². The first-order valence-electron chi connectivity index (χ1n) is 7.15. The number of rotatable bonds is 9. The molecule has 0 atom stereocenters. The van der Waals surface area contributed by atoms with Crippen molar-refractivity contribution < 1.29 is 4.74 Å². The average molecular weight is 274 g/mol. The van der Waals surface area contributed by atoms with E-state index in [-0.39, 0.29) is 0 Å². The first-order valence-corrected chi connectivity index (χ1v) is 7.15. The van der Waals surface area contributed by atoms with E-state index >= 15 is 0 Å². The summed E-state index contributed by atoms with van der Waals surface area (Å²) in [7, 11) is 0. The van der Waals surface area contributed by atoms with Crippen LogP contribution in [0.1, 0.15) is 25.6 Å². The molecular weight excluding hydrogens is 252 g/mol. The van der Waals surface area contributed by atoms with Crippen LogP contribution in [0, 0.1) is 0 Å². The zero-order chi connectivity index (χ0) is 14.0. The molecule has 0 aliphatic heterocycles. The molecule has 0 fully saturated rings. The predicted octanol–water partition coefficient (Wildman–Crippen LogP) is 2.25. The molecule has 1 aromatic heterocycles. The van der Waals surface area contributed by atoms with Gasteiger partial charge in [0.05, 0.1) is 13.2 Å². The Morgan fingerprint density at radius 2 is 2.10 bits per heavy atom. The van der Waals surface area contributed by atoms with Crippen LogP contribution in [0.4, 0.5) is 0 Å². The number of hydrogen-bond acceptors (Lipinski definition) is 4. The first-order chi connectivity index (χ1) is 9.90. The monoisotopic (exact) mass is 274 g/mol. The Balaban J connectivity index is 1.70. The van der Waals surface area contributed by atoms with Crippen LogP contribution >= 0.6 is 0 Å². The summed E-state index contributed by atoms with van der Waals surface area (Å²) in [5.74, 6) is 1.90. The van der Waals surface area contributed by atoms with Crippen molar-refractivity contribution in [2.24, 2.45) is 0 Å². The number of aromatic nitrogens is 3. The lowest BCUT2D eigenvalue weighted by Crippen LogP contribution is -2.18. The van der Waals surface area contributed by atoms with Crippen LogP contribution in [-0.4, -0.2) is 27.9 Å². The Hall–Kier alpha value is -1.88. The first kappa shape index (κ1) is 14.5. The van der Waals surface area contributed by atoms with Crippen molar-refractivity contribution in [1.82, 2.24) is 20.1 Å². The van der Waals surface area contributed by atoms with E-state index in [4.69, 9.17) is 4.74 Å². The summed E-state index contributed by atoms with van der Waals surface area (Å²) in [6.07, 6.45) is 3.65. The van der Waals surface area contributed by atoms with Gasteiger partial charge < -0.3 is 10.1 Å². The second-order valence-electron chi connectivity index (χ2n) is 4.59. The van der Waals surface area contributed by atoms with Gasteiger partial charge in [-0.3, -0.25) is 0 Å². The average Bonchev–Trinajstić information content (AvgIpc) is 2.93. The molecule has 0 aliphatic rings. The number of aryl methyl sites for hydroxylation is 1. The molecule has 0 aliphatic carbocycles. The van der Waals surface area contributed by atoms with Crippen LogP contribution in [0.25, 0.3) is 0 Å². The van der Waals surface area contributed by atoms with Gasteiger partial charge >= 0.3 is 0 Å². The van der Waals surface area contributed by atoms with E-state index in [0.717, 1.165) is 44.0 Å². The Morgan fingerprint density at radius 3 is 2.90 bits per heavy atom. The molecule has 0 spiro atoms. The maximum Gasteiger partial charge on any atom is 0.140 e. The van der Waals surface area contributed by atoms with Gasteiger partial charge in [0.1, 0.15) is 17.9 Å². The van der Waals surface area contributed by atoms with Crippen molar-refractivity contribution in [1.29, 1.82) is 0 Å². The number of para-hydroxylation sites is 1. The van der Waals surface area contributed by atoms with Crippen LogP contribution in [0.5, 0.6) is 5.75 Å². The van der Waals surface area contributed by atoms with Crippen LogP contribution < -0.4 is 10.1 Å². The van der Waals surface area contributed by atoms with Gasteiger partial charge in [-0.25, -0.2) is 9.67 Å². The molecule has 2 rings (SSSR count). The van der Waals surface area contributed by atoms with E-state index in [2.05, 4.69) is 22.3 Å². The highest BCUT2D eigenvalue weighted by molar-refractivity contribution is 5.20. The summed E-state index contributed by atoms with van der Waals surface area (Å²) in [6.45, 7) is 5.44. The minimum absolute atomic E-state index is 0.686. The highest BCUT2D eigenvalue weighted by atomic mass is 16.5. The van der Waals surface area contributed by atoms with Crippen LogP contribution in [0.15, 0.2) is 36.7 Å². The minimum Gasteiger partial charge on any atom is -0.494 e. The van der Waals surface area contributed by atoms with E-state index in [9.17, 15) is 0 Å². The zero-order valence-electron chi connectivity index (χ0n) is 12.0. The molecule has 1 aromatic carbocycles. The lowest BCUT2D eigenvalue weighted by atomic mass is 10.3. The van der Waals surface area contributed by atoms with Crippen molar-refractivity contribution in [3.05, 3.63) is 42.5 Å². The molecule has 0 saturated heterocycles. The molecule has 0 saturated carbocycles. The van der Waals surface area contributed by atoms with Gasteiger partial charge in [-0.15, -0.1) is 0 Å². The normalized spacial score (nSPS) is 10.7. The Labute approximate surface area is 120 Å². The highest BCUT2D eigenvalue weighted by Gasteiger charge is 2.03. The SMILES string of the molecule is CCCNCc1ncnn1CCCOc1ccccc1. The number of hydrogen-bond donors (Lipinski definition) is 1. The predicted molar refractivity (Wildman–Crippen MR) is 78.6 cm³/mol. The molecular formula is C15H22N4O. The molecule has 1 heterocycles. The van der Waals surface area contributed by atoms with E-state index in [1.165, 1.54) is 0 Å². The van der Waals surface area contributed by atoms with E-state index in [1.807, 2.05) is 35.0 Å². The lowest BCUT2D eigenvalue weighted by molar-refractivity contribution is 0.297. The fourth-order valence-corrected chi connectivity index (χ4v) is 1.91. The third-order valence-electron chi connectivity index (χ3n) is 2.93. The molecule has 5 heteroatoms. The third kappa shape index (κ3) is 4.66. The molecule has 5 nitrogen and oxygen atoms in total. The van der Waals surface area contributed by atoms with Crippen LogP contribution in [-0.2, 0) is 13.1 Å². The van der Waals surface area contributed by atoms with Crippen molar-refractivity contribution in [3.63, 3.8) is 0 Å². The quantitative estimate of drug-likeness (QED) is 0.713. The van der Waals surface area contributed by atoms with Crippen molar-refractivity contribution >= 4 is 0 Å². The van der Waals surface area contributed by atoms with Gasteiger partial charge in [-0.1, -0.05) is 25.1 Å². The van der Waals surface area contributed by atoms with Crippen molar-refractivity contribution in [2.45, 2.75) is 32.9 Å². The van der Waals surface area contributed by atoms with E-state index in [0.29, 0.717) is 6.61 Å². The fraction of sp³-hybridized carbons (Fsp3) is 0.467. The largest absolute Gasteiger partial charge is 0.494 e. The summed E-state index contributed by atoms with van der Waals surface area (Å²) < 4.78 is 7.61. The molecule has 108 valence electrons. The smallest absolute Gasteiger partial charge is 0.140 e. The molecule has 0 amide bonds. The molecule has 1 N–H and O–H groups in total. The summed E-state index contributed by atoms with van der Waals surface area (Å²) in [4.78, 5) is 4.27. The lowest BCUT2D eigenvalue weighted by Gasteiger charge is -2.08. The van der Waals surface area contributed by atoms with Crippen molar-refractivity contribution in [2.75, 3.05) is 13.2 Å². The van der Waals surface area contributed by atoms with Gasteiger partial charge in [0.15, 0.2) is 0 Å². The molecule has 0 unspecified atom stereocenters. The standard InChI is InChI=1S/C15H22N4O/c1-2-9-16-12-15-17-13-18-19(15)10-6-11-20-14-7-4-3-5-8-14/h3-5,7-8,13,16H,2,6,9-12H2,1H3. The highest BCUT2D eigenvalue weighted by Crippen LogP contribution is 2.08.